The van der Waals surface area contributed by atoms with Gasteiger partial charge in [-0.1, -0.05) is 38.8 Å². The second-order valence-corrected chi connectivity index (χ2v) is 5.87. The fourth-order valence-electron chi connectivity index (χ4n) is 2.91. The topological polar surface area (TPSA) is 29.3 Å². The Bertz CT molecular complexity index is 369. The van der Waals surface area contributed by atoms with Crippen LogP contribution in [0, 0.1) is 0 Å². The van der Waals surface area contributed by atoms with Gasteiger partial charge in [0, 0.05) is 24.8 Å². The van der Waals surface area contributed by atoms with E-state index in [2.05, 4.69) is 50.1 Å². The SMILES string of the molecule is CC(C)c1ccc(N(C)C2CCCCC2N)cc1. The Labute approximate surface area is 111 Å². The van der Waals surface area contributed by atoms with Crippen molar-refractivity contribution in [1.29, 1.82) is 0 Å². The highest BCUT2D eigenvalue weighted by molar-refractivity contribution is 5.48. The standard InChI is InChI=1S/C16H26N2/c1-12(2)13-8-10-14(11-9-13)18(3)16-7-5-4-6-15(16)17/h8-12,15-16H,4-7,17H2,1-3H3. The lowest BCUT2D eigenvalue weighted by Gasteiger charge is -2.37. The molecule has 100 valence electrons. The fraction of sp³-hybridized carbons (Fsp3) is 0.625. The Hall–Kier alpha value is -1.02. The third-order valence-corrected chi connectivity index (χ3v) is 4.25. The molecule has 0 radical (unpaired) electrons. The second-order valence-electron chi connectivity index (χ2n) is 5.87. The van der Waals surface area contributed by atoms with Crippen LogP contribution < -0.4 is 10.6 Å². The smallest absolute Gasteiger partial charge is 0.0437 e. The van der Waals surface area contributed by atoms with Crippen LogP contribution in [0.4, 0.5) is 5.69 Å². The Kier molecular flexibility index (Phi) is 4.28. The Morgan fingerprint density at radius 3 is 2.28 bits per heavy atom. The van der Waals surface area contributed by atoms with Crippen molar-refractivity contribution in [1.82, 2.24) is 0 Å². The minimum Gasteiger partial charge on any atom is -0.370 e. The van der Waals surface area contributed by atoms with Crippen molar-refractivity contribution < 1.29 is 0 Å². The van der Waals surface area contributed by atoms with E-state index in [-0.39, 0.29) is 0 Å². The van der Waals surface area contributed by atoms with Gasteiger partial charge in [0.1, 0.15) is 0 Å². The Morgan fingerprint density at radius 1 is 1.11 bits per heavy atom. The molecule has 0 bridgehead atoms. The molecular weight excluding hydrogens is 220 g/mol. The first-order valence-electron chi connectivity index (χ1n) is 7.18. The molecule has 2 rings (SSSR count). The van der Waals surface area contributed by atoms with E-state index in [9.17, 15) is 0 Å². The largest absolute Gasteiger partial charge is 0.370 e. The van der Waals surface area contributed by atoms with E-state index in [0.717, 1.165) is 0 Å². The van der Waals surface area contributed by atoms with Gasteiger partial charge in [-0.25, -0.2) is 0 Å². The zero-order chi connectivity index (χ0) is 13.1. The van der Waals surface area contributed by atoms with Gasteiger partial charge >= 0.3 is 0 Å². The van der Waals surface area contributed by atoms with Crippen LogP contribution >= 0.6 is 0 Å². The van der Waals surface area contributed by atoms with Gasteiger partial charge in [0.25, 0.3) is 0 Å². The van der Waals surface area contributed by atoms with Crippen molar-refractivity contribution in [2.24, 2.45) is 5.73 Å². The highest BCUT2D eigenvalue weighted by Crippen LogP contribution is 2.26. The minimum absolute atomic E-state index is 0.327. The average Bonchev–Trinajstić information content (AvgIpc) is 2.38. The molecule has 1 fully saturated rings. The summed E-state index contributed by atoms with van der Waals surface area (Å²) in [4.78, 5) is 2.37. The van der Waals surface area contributed by atoms with Crippen LogP contribution in [0.3, 0.4) is 0 Å². The van der Waals surface area contributed by atoms with E-state index in [0.29, 0.717) is 18.0 Å². The summed E-state index contributed by atoms with van der Waals surface area (Å²) in [6.45, 7) is 4.46. The molecule has 2 heteroatoms. The van der Waals surface area contributed by atoms with Crippen molar-refractivity contribution >= 4 is 5.69 Å². The van der Waals surface area contributed by atoms with E-state index in [1.54, 1.807) is 0 Å². The molecule has 2 nitrogen and oxygen atoms in total. The summed E-state index contributed by atoms with van der Waals surface area (Å²) < 4.78 is 0. The predicted octanol–water partition coefficient (Wildman–Crippen LogP) is 3.52. The Balaban J connectivity index is 2.10. The molecule has 1 aromatic rings. The molecule has 18 heavy (non-hydrogen) atoms. The van der Waals surface area contributed by atoms with E-state index < -0.39 is 0 Å². The van der Waals surface area contributed by atoms with Crippen molar-refractivity contribution in [3.05, 3.63) is 29.8 Å². The number of hydrogen-bond acceptors (Lipinski definition) is 2. The third-order valence-electron chi connectivity index (χ3n) is 4.25. The molecule has 1 saturated carbocycles. The zero-order valence-electron chi connectivity index (χ0n) is 11.9. The molecular formula is C16H26N2. The summed E-state index contributed by atoms with van der Waals surface area (Å²) in [5.41, 5.74) is 8.95. The summed E-state index contributed by atoms with van der Waals surface area (Å²) in [5, 5.41) is 0. The van der Waals surface area contributed by atoms with Crippen LogP contribution in [-0.2, 0) is 0 Å². The molecule has 0 aliphatic heterocycles. The molecule has 2 atom stereocenters. The van der Waals surface area contributed by atoms with Gasteiger partial charge in [0.15, 0.2) is 0 Å². The highest BCUT2D eigenvalue weighted by Gasteiger charge is 2.25. The molecule has 1 aliphatic rings. The maximum atomic E-state index is 6.25. The van der Waals surface area contributed by atoms with Gasteiger partial charge in [-0.3, -0.25) is 0 Å². The first-order valence-corrected chi connectivity index (χ1v) is 7.18. The van der Waals surface area contributed by atoms with E-state index in [1.165, 1.54) is 36.9 Å². The van der Waals surface area contributed by atoms with Gasteiger partial charge in [-0.2, -0.15) is 0 Å². The normalized spacial score (nSPS) is 24.3. The summed E-state index contributed by atoms with van der Waals surface area (Å²) >= 11 is 0. The average molecular weight is 246 g/mol. The van der Waals surface area contributed by atoms with E-state index in [4.69, 9.17) is 5.73 Å². The summed E-state index contributed by atoms with van der Waals surface area (Å²) in [6, 6.07) is 9.78. The first kappa shape index (κ1) is 13.4. The number of likely N-dealkylation sites (N-methyl/N-ethyl adjacent to an activating group) is 1. The van der Waals surface area contributed by atoms with Gasteiger partial charge in [-0.15, -0.1) is 0 Å². The van der Waals surface area contributed by atoms with Gasteiger partial charge in [0.05, 0.1) is 0 Å². The molecule has 0 aromatic heterocycles. The Morgan fingerprint density at radius 2 is 1.72 bits per heavy atom. The van der Waals surface area contributed by atoms with Crippen LogP contribution in [0.5, 0.6) is 0 Å². The van der Waals surface area contributed by atoms with Crippen molar-refractivity contribution in [2.45, 2.75) is 57.5 Å². The van der Waals surface area contributed by atoms with Gasteiger partial charge in [0.2, 0.25) is 0 Å². The fourth-order valence-corrected chi connectivity index (χ4v) is 2.91. The predicted molar refractivity (Wildman–Crippen MR) is 79.2 cm³/mol. The number of nitrogens with zero attached hydrogens (tertiary/aromatic N) is 1. The quantitative estimate of drug-likeness (QED) is 0.884. The van der Waals surface area contributed by atoms with Gasteiger partial charge in [-0.05, 0) is 36.5 Å². The third kappa shape index (κ3) is 2.86. The summed E-state index contributed by atoms with van der Waals surface area (Å²) in [5.74, 6) is 0.598. The molecule has 0 amide bonds. The maximum absolute atomic E-state index is 6.25. The minimum atomic E-state index is 0.327. The summed E-state index contributed by atoms with van der Waals surface area (Å²) in [6.07, 6.45) is 4.99. The lowest BCUT2D eigenvalue weighted by atomic mass is 9.89. The number of nitrogens with two attached hydrogens (primary N) is 1. The van der Waals surface area contributed by atoms with Crippen LogP contribution in [-0.4, -0.2) is 19.1 Å². The lowest BCUT2D eigenvalue weighted by molar-refractivity contribution is 0.373. The molecule has 0 spiro atoms. The maximum Gasteiger partial charge on any atom is 0.0437 e. The second kappa shape index (κ2) is 5.75. The lowest BCUT2D eigenvalue weighted by Crippen LogP contribution is -2.48. The monoisotopic (exact) mass is 246 g/mol. The van der Waals surface area contributed by atoms with Crippen molar-refractivity contribution in [3.8, 4) is 0 Å². The molecule has 1 aromatic carbocycles. The zero-order valence-corrected chi connectivity index (χ0v) is 11.9. The molecule has 0 heterocycles. The van der Waals surface area contributed by atoms with Crippen LogP contribution in [0.15, 0.2) is 24.3 Å². The van der Waals surface area contributed by atoms with Crippen molar-refractivity contribution in [2.75, 3.05) is 11.9 Å². The summed E-state index contributed by atoms with van der Waals surface area (Å²) in [7, 11) is 2.18. The van der Waals surface area contributed by atoms with Crippen molar-refractivity contribution in [3.63, 3.8) is 0 Å². The molecule has 0 saturated heterocycles. The molecule has 2 N–H and O–H groups in total. The number of hydrogen-bond donors (Lipinski definition) is 1. The first-order chi connectivity index (χ1) is 8.59. The number of anilines is 1. The van der Waals surface area contributed by atoms with Crippen LogP contribution in [0.25, 0.3) is 0 Å². The number of rotatable bonds is 3. The van der Waals surface area contributed by atoms with Crippen LogP contribution in [0.2, 0.25) is 0 Å². The molecule has 1 aliphatic carbocycles. The van der Waals surface area contributed by atoms with E-state index in [1.807, 2.05) is 0 Å². The number of benzene rings is 1. The molecule has 2 unspecified atom stereocenters. The highest BCUT2D eigenvalue weighted by atomic mass is 15.2. The van der Waals surface area contributed by atoms with E-state index >= 15 is 0 Å². The van der Waals surface area contributed by atoms with Crippen LogP contribution in [0.1, 0.15) is 51.0 Å². The van der Waals surface area contributed by atoms with Gasteiger partial charge < -0.3 is 10.6 Å².